The van der Waals surface area contributed by atoms with Gasteiger partial charge in [-0.2, -0.15) is 0 Å². The van der Waals surface area contributed by atoms with Gasteiger partial charge in [0, 0.05) is 5.92 Å². The Morgan fingerprint density at radius 2 is 1.83 bits per heavy atom. The van der Waals surface area contributed by atoms with Crippen LogP contribution in [-0.2, 0) is 9.09 Å². The van der Waals surface area contributed by atoms with Crippen molar-refractivity contribution in [2.75, 3.05) is 0 Å². The molecule has 0 aliphatic heterocycles. The van der Waals surface area contributed by atoms with E-state index in [1.807, 2.05) is 0 Å². The third-order valence-corrected chi connectivity index (χ3v) is 1.73. The van der Waals surface area contributed by atoms with Gasteiger partial charge in [0.25, 0.3) is 0 Å². The first kappa shape index (κ1) is 12.3. The van der Waals surface area contributed by atoms with Crippen LogP contribution in [0, 0.1) is 5.92 Å². The van der Waals surface area contributed by atoms with Crippen molar-refractivity contribution in [3.8, 4) is 0 Å². The number of hydrogen-bond acceptors (Lipinski definition) is 2. The van der Waals surface area contributed by atoms with Crippen LogP contribution in [0.2, 0.25) is 0 Å². The van der Waals surface area contributed by atoms with Crippen molar-refractivity contribution >= 4 is 31.0 Å². The van der Waals surface area contributed by atoms with E-state index in [0.29, 0.717) is 0 Å². The van der Waals surface area contributed by atoms with Gasteiger partial charge in [-0.05, 0) is 0 Å². The van der Waals surface area contributed by atoms with E-state index >= 15 is 0 Å². The highest BCUT2D eigenvalue weighted by Crippen LogP contribution is 2.42. The molecule has 2 N–H and O–H groups in total. The van der Waals surface area contributed by atoms with E-state index in [4.69, 9.17) is 33.0 Å². The summed E-state index contributed by atoms with van der Waals surface area (Å²) in [4.78, 5) is 16.8. The zero-order valence-corrected chi connectivity index (χ0v) is 8.90. The van der Waals surface area contributed by atoms with E-state index in [1.165, 1.54) is 0 Å². The second-order valence-electron chi connectivity index (χ2n) is 2.36. The predicted molar refractivity (Wildman–Crippen MR) is 46.7 cm³/mol. The summed E-state index contributed by atoms with van der Waals surface area (Å²) < 4.78 is 14.3. The summed E-state index contributed by atoms with van der Waals surface area (Å²) in [6.07, 6.45) is 0. The lowest BCUT2D eigenvalue weighted by Crippen LogP contribution is -1.99. The molecule has 0 aromatic carbocycles. The summed E-state index contributed by atoms with van der Waals surface area (Å²) in [7, 11) is -4.56. The molecule has 0 aromatic heterocycles. The van der Waals surface area contributed by atoms with Crippen molar-refractivity contribution in [1.29, 1.82) is 0 Å². The zero-order chi connectivity index (χ0) is 9.94. The third kappa shape index (κ3) is 5.01. The molecule has 0 aromatic rings. The van der Waals surface area contributed by atoms with Crippen LogP contribution in [0.15, 0.2) is 10.3 Å². The maximum Gasteiger partial charge on any atom is 0.524 e. The Hall–Kier alpha value is 0.270. The average molecular weight is 235 g/mol. The lowest BCUT2D eigenvalue weighted by Gasteiger charge is -2.13. The van der Waals surface area contributed by atoms with Gasteiger partial charge in [-0.15, -0.1) is 0 Å². The Bertz CT molecular complexity index is 228. The summed E-state index contributed by atoms with van der Waals surface area (Å²) in [6, 6.07) is 0. The first-order valence-corrected chi connectivity index (χ1v) is 5.33. The van der Waals surface area contributed by atoms with Gasteiger partial charge in [-0.25, -0.2) is 4.57 Å². The number of rotatable bonds is 3. The lowest BCUT2D eigenvalue weighted by molar-refractivity contribution is 0.226. The number of halogens is 2. The van der Waals surface area contributed by atoms with Gasteiger partial charge in [0.05, 0.1) is 0 Å². The molecule has 0 heterocycles. The Morgan fingerprint density at radius 1 is 1.42 bits per heavy atom. The van der Waals surface area contributed by atoms with Crippen LogP contribution in [0.3, 0.4) is 0 Å². The molecule has 72 valence electrons. The highest BCUT2D eigenvalue weighted by Gasteiger charge is 2.21. The molecular weight excluding hydrogens is 226 g/mol. The molecule has 0 spiro atoms. The number of hydrogen-bond donors (Lipinski definition) is 2. The molecule has 0 fully saturated rings. The van der Waals surface area contributed by atoms with Crippen LogP contribution in [0.5, 0.6) is 0 Å². The van der Waals surface area contributed by atoms with Gasteiger partial charge >= 0.3 is 7.82 Å². The molecule has 4 nitrogen and oxygen atoms in total. The standard InChI is InChI=1S/C5H9Cl2O4P/c1-3(2)4(5(6)7)11-12(8,9)10/h3H,1-2H3,(H2,8,9,10). The first-order chi connectivity index (χ1) is 5.24. The van der Waals surface area contributed by atoms with Gasteiger partial charge in [-0.3, -0.25) is 9.79 Å². The maximum atomic E-state index is 10.4. The van der Waals surface area contributed by atoms with Gasteiger partial charge < -0.3 is 4.52 Å². The molecule has 7 heteroatoms. The molecule has 0 radical (unpaired) electrons. The van der Waals surface area contributed by atoms with E-state index < -0.39 is 7.82 Å². The minimum atomic E-state index is -4.56. The van der Waals surface area contributed by atoms with Crippen molar-refractivity contribution in [3.05, 3.63) is 10.3 Å². The first-order valence-electron chi connectivity index (χ1n) is 3.04. The molecule has 0 aliphatic rings. The molecule has 12 heavy (non-hydrogen) atoms. The summed E-state index contributed by atoms with van der Waals surface area (Å²) >= 11 is 10.6. The largest absolute Gasteiger partial charge is 0.524 e. The fourth-order valence-corrected chi connectivity index (χ4v) is 1.67. The van der Waals surface area contributed by atoms with Crippen LogP contribution < -0.4 is 0 Å². The number of phosphoric ester groups is 1. The molecule has 0 saturated heterocycles. The Labute approximate surface area is 80.4 Å². The molecule has 0 aliphatic carbocycles. The summed E-state index contributed by atoms with van der Waals surface area (Å²) in [6.45, 7) is 3.30. The molecule has 0 saturated carbocycles. The highest BCUT2D eigenvalue weighted by atomic mass is 35.5. The summed E-state index contributed by atoms with van der Waals surface area (Å²) in [5.74, 6) is -0.380. The maximum absolute atomic E-state index is 10.4. The lowest BCUT2D eigenvalue weighted by atomic mass is 10.2. The molecule has 0 unspecified atom stereocenters. The fourth-order valence-electron chi connectivity index (χ4n) is 0.486. The number of allylic oxidation sites excluding steroid dienone is 1. The number of phosphoric acid groups is 1. The molecule has 0 bridgehead atoms. The van der Waals surface area contributed by atoms with E-state index in [9.17, 15) is 4.57 Å². The van der Waals surface area contributed by atoms with Crippen molar-refractivity contribution in [1.82, 2.24) is 0 Å². The zero-order valence-electron chi connectivity index (χ0n) is 6.49. The van der Waals surface area contributed by atoms with Gasteiger partial charge in [0.2, 0.25) is 0 Å². The second-order valence-corrected chi connectivity index (χ2v) is 4.47. The van der Waals surface area contributed by atoms with Crippen molar-refractivity contribution < 1.29 is 18.9 Å². The van der Waals surface area contributed by atoms with Gasteiger partial charge in [0.1, 0.15) is 10.3 Å². The highest BCUT2D eigenvalue weighted by molar-refractivity contribution is 7.46. The normalized spacial score (nSPS) is 11.6. The Kier molecular flexibility index (Phi) is 4.59. The monoisotopic (exact) mass is 234 g/mol. The van der Waals surface area contributed by atoms with Crippen LogP contribution in [0.4, 0.5) is 0 Å². The van der Waals surface area contributed by atoms with Crippen molar-refractivity contribution in [2.24, 2.45) is 5.92 Å². The van der Waals surface area contributed by atoms with Crippen LogP contribution in [-0.4, -0.2) is 9.79 Å². The Balaban J connectivity index is 4.60. The van der Waals surface area contributed by atoms with Crippen LogP contribution >= 0.6 is 31.0 Å². The van der Waals surface area contributed by atoms with E-state index in [-0.39, 0.29) is 16.2 Å². The average Bonchev–Trinajstić information content (AvgIpc) is 1.79. The Morgan fingerprint density at radius 3 is 1.92 bits per heavy atom. The van der Waals surface area contributed by atoms with Gasteiger partial charge in [0.15, 0.2) is 0 Å². The predicted octanol–water partition coefficient (Wildman–Crippen LogP) is 2.40. The molecule has 0 rings (SSSR count). The van der Waals surface area contributed by atoms with E-state index in [2.05, 4.69) is 4.52 Å². The van der Waals surface area contributed by atoms with E-state index in [0.717, 1.165) is 0 Å². The smallest absolute Gasteiger partial charge is 0.406 e. The van der Waals surface area contributed by atoms with Gasteiger partial charge in [-0.1, -0.05) is 37.0 Å². The summed E-state index contributed by atoms with van der Waals surface area (Å²) in [5, 5.41) is 0. The topological polar surface area (TPSA) is 66.8 Å². The third-order valence-electron chi connectivity index (χ3n) is 0.928. The minimum absolute atomic E-state index is 0.105. The molecule has 0 amide bonds. The van der Waals surface area contributed by atoms with Crippen LogP contribution in [0.1, 0.15) is 13.8 Å². The fraction of sp³-hybridized carbons (Fsp3) is 0.600. The van der Waals surface area contributed by atoms with E-state index in [1.54, 1.807) is 13.8 Å². The molecular formula is C5H9Cl2O4P. The second kappa shape index (κ2) is 4.49. The SMILES string of the molecule is CC(C)C(OP(=O)(O)O)=C(Cl)Cl. The van der Waals surface area contributed by atoms with Crippen molar-refractivity contribution in [2.45, 2.75) is 13.8 Å². The molecule has 0 atom stereocenters. The van der Waals surface area contributed by atoms with Crippen LogP contribution in [0.25, 0.3) is 0 Å². The summed E-state index contributed by atoms with van der Waals surface area (Å²) in [5.41, 5.74) is 0. The quantitative estimate of drug-likeness (QED) is 0.582. The van der Waals surface area contributed by atoms with Crippen molar-refractivity contribution in [3.63, 3.8) is 0 Å². The minimum Gasteiger partial charge on any atom is -0.406 e.